The highest BCUT2D eigenvalue weighted by Gasteiger charge is 2.18. The van der Waals surface area contributed by atoms with E-state index in [9.17, 15) is 4.79 Å². The Morgan fingerprint density at radius 3 is 2.39 bits per heavy atom. The number of carbonyl (C=O) groups excluding carboxylic acids is 1. The fraction of sp³-hybridized carbons (Fsp3) is 0.278. The maximum Gasteiger partial charge on any atom is 0.261 e. The van der Waals surface area contributed by atoms with Gasteiger partial charge in [0.2, 0.25) is 0 Å². The number of methoxy groups -OCH3 is 1. The predicted octanol–water partition coefficient (Wildman–Crippen LogP) is 3.82. The molecule has 0 fully saturated rings. The molecule has 122 valence electrons. The number of carbonyl (C=O) groups is 1. The summed E-state index contributed by atoms with van der Waals surface area (Å²) in [6.07, 6.45) is 0.0197. The SMILES string of the molecule is CCC(Oc1ccc(OC)cc1)C(=O)NCc1ccccc1Cl. The van der Waals surface area contributed by atoms with Crippen molar-refractivity contribution in [3.63, 3.8) is 0 Å². The minimum Gasteiger partial charge on any atom is -0.497 e. The van der Waals surface area contributed by atoms with Crippen LogP contribution in [0.1, 0.15) is 18.9 Å². The van der Waals surface area contributed by atoms with Gasteiger partial charge < -0.3 is 14.8 Å². The molecule has 4 nitrogen and oxygen atoms in total. The summed E-state index contributed by atoms with van der Waals surface area (Å²) in [7, 11) is 1.60. The molecule has 0 aliphatic heterocycles. The number of halogens is 1. The number of amides is 1. The second-order valence-corrected chi connectivity index (χ2v) is 5.41. The molecule has 2 rings (SSSR count). The van der Waals surface area contributed by atoms with Crippen molar-refractivity contribution in [3.8, 4) is 11.5 Å². The summed E-state index contributed by atoms with van der Waals surface area (Å²) >= 11 is 6.09. The molecule has 0 saturated heterocycles. The van der Waals surface area contributed by atoms with Crippen LogP contribution in [0.25, 0.3) is 0 Å². The molecule has 23 heavy (non-hydrogen) atoms. The van der Waals surface area contributed by atoms with Gasteiger partial charge in [0.25, 0.3) is 5.91 Å². The van der Waals surface area contributed by atoms with Crippen LogP contribution in [-0.2, 0) is 11.3 Å². The Balaban J connectivity index is 1.94. The number of benzene rings is 2. The van der Waals surface area contributed by atoms with Crippen LogP contribution in [-0.4, -0.2) is 19.1 Å². The van der Waals surface area contributed by atoms with E-state index in [4.69, 9.17) is 21.1 Å². The summed E-state index contributed by atoms with van der Waals surface area (Å²) in [5.41, 5.74) is 0.877. The molecule has 0 aliphatic carbocycles. The third kappa shape index (κ3) is 4.89. The molecule has 2 aromatic carbocycles. The summed E-state index contributed by atoms with van der Waals surface area (Å²) in [5, 5.41) is 3.50. The van der Waals surface area contributed by atoms with E-state index in [1.165, 1.54) is 0 Å². The standard InChI is InChI=1S/C18H20ClNO3/c1-3-17(23-15-10-8-14(22-2)9-11-15)18(21)20-12-13-6-4-5-7-16(13)19/h4-11,17H,3,12H2,1-2H3,(H,20,21). The van der Waals surface area contributed by atoms with Crippen LogP contribution in [0.4, 0.5) is 0 Å². The van der Waals surface area contributed by atoms with Crippen LogP contribution in [0.15, 0.2) is 48.5 Å². The van der Waals surface area contributed by atoms with Gasteiger partial charge in [0.1, 0.15) is 11.5 Å². The monoisotopic (exact) mass is 333 g/mol. The number of hydrogen-bond donors (Lipinski definition) is 1. The molecule has 1 unspecified atom stereocenters. The number of hydrogen-bond acceptors (Lipinski definition) is 3. The van der Waals surface area contributed by atoms with E-state index in [0.29, 0.717) is 23.7 Å². The van der Waals surface area contributed by atoms with Crippen LogP contribution in [0.5, 0.6) is 11.5 Å². The third-order valence-electron chi connectivity index (χ3n) is 3.41. The van der Waals surface area contributed by atoms with Crippen molar-refractivity contribution in [2.24, 2.45) is 0 Å². The molecular weight excluding hydrogens is 314 g/mol. The van der Waals surface area contributed by atoms with Crippen LogP contribution in [0.2, 0.25) is 5.02 Å². The topological polar surface area (TPSA) is 47.6 Å². The van der Waals surface area contributed by atoms with Crippen molar-refractivity contribution in [1.82, 2.24) is 5.32 Å². The second kappa shape index (κ2) is 8.44. The van der Waals surface area contributed by atoms with E-state index in [1.54, 1.807) is 37.4 Å². The summed E-state index contributed by atoms with van der Waals surface area (Å²) in [4.78, 5) is 12.3. The van der Waals surface area contributed by atoms with Crippen molar-refractivity contribution >= 4 is 17.5 Å². The normalized spacial score (nSPS) is 11.6. The third-order valence-corrected chi connectivity index (χ3v) is 3.78. The van der Waals surface area contributed by atoms with Crippen LogP contribution >= 0.6 is 11.6 Å². The van der Waals surface area contributed by atoms with Gasteiger partial charge in [0, 0.05) is 11.6 Å². The van der Waals surface area contributed by atoms with E-state index in [1.807, 2.05) is 25.1 Å². The average molecular weight is 334 g/mol. The first kappa shape index (κ1) is 17.2. The lowest BCUT2D eigenvalue weighted by Crippen LogP contribution is -2.37. The Morgan fingerprint density at radius 2 is 1.78 bits per heavy atom. The van der Waals surface area contributed by atoms with E-state index >= 15 is 0 Å². The zero-order chi connectivity index (χ0) is 16.7. The van der Waals surface area contributed by atoms with Gasteiger partial charge in [-0.1, -0.05) is 36.7 Å². The maximum absolute atomic E-state index is 12.3. The molecule has 0 aromatic heterocycles. The molecule has 0 aliphatic rings. The van der Waals surface area contributed by atoms with Gasteiger partial charge in [-0.15, -0.1) is 0 Å². The van der Waals surface area contributed by atoms with Gasteiger partial charge in [-0.25, -0.2) is 0 Å². The fourth-order valence-electron chi connectivity index (χ4n) is 2.08. The molecule has 1 atom stereocenters. The smallest absolute Gasteiger partial charge is 0.261 e. The average Bonchev–Trinajstić information content (AvgIpc) is 2.59. The zero-order valence-corrected chi connectivity index (χ0v) is 14.0. The van der Waals surface area contributed by atoms with Crippen molar-refractivity contribution in [2.45, 2.75) is 26.0 Å². The van der Waals surface area contributed by atoms with Gasteiger partial charge >= 0.3 is 0 Å². The second-order valence-electron chi connectivity index (χ2n) is 5.00. The van der Waals surface area contributed by atoms with Gasteiger partial charge in [-0.05, 0) is 42.3 Å². The highest BCUT2D eigenvalue weighted by molar-refractivity contribution is 6.31. The Morgan fingerprint density at radius 1 is 1.13 bits per heavy atom. The number of ether oxygens (including phenoxy) is 2. The van der Waals surface area contributed by atoms with Gasteiger partial charge in [-0.3, -0.25) is 4.79 Å². The van der Waals surface area contributed by atoms with Gasteiger partial charge in [0.05, 0.1) is 7.11 Å². The Hall–Kier alpha value is -2.20. The summed E-state index contributed by atoms with van der Waals surface area (Å²) in [6.45, 7) is 2.28. The molecule has 0 bridgehead atoms. The van der Waals surface area contributed by atoms with Crippen LogP contribution < -0.4 is 14.8 Å². The van der Waals surface area contributed by atoms with Gasteiger partial charge in [0.15, 0.2) is 6.10 Å². The molecule has 0 spiro atoms. The number of rotatable bonds is 7. The van der Waals surface area contributed by atoms with Crippen molar-refractivity contribution in [2.75, 3.05) is 7.11 Å². The molecule has 1 amide bonds. The first-order valence-electron chi connectivity index (χ1n) is 7.46. The molecule has 0 radical (unpaired) electrons. The van der Waals surface area contributed by atoms with Crippen LogP contribution in [0, 0.1) is 0 Å². The van der Waals surface area contributed by atoms with Crippen molar-refractivity contribution in [1.29, 1.82) is 0 Å². The van der Waals surface area contributed by atoms with Crippen molar-refractivity contribution in [3.05, 3.63) is 59.1 Å². The minimum atomic E-state index is -0.550. The van der Waals surface area contributed by atoms with Crippen LogP contribution in [0.3, 0.4) is 0 Å². The summed E-state index contributed by atoms with van der Waals surface area (Å²) in [6, 6.07) is 14.6. The minimum absolute atomic E-state index is 0.164. The lowest BCUT2D eigenvalue weighted by atomic mass is 10.2. The first-order chi connectivity index (χ1) is 11.1. The summed E-state index contributed by atoms with van der Waals surface area (Å²) < 4.78 is 10.8. The quantitative estimate of drug-likeness (QED) is 0.837. The van der Waals surface area contributed by atoms with E-state index < -0.39 is 6.10 Å². The Kier molecular flexibility index (Phi) is 6.29. The molecular formula is C18H20ClNO3. The highest BCUT2D eigenvalue weighted by Crippen LogP contribution is 2.19. The Labute approximate surface area is 141 Å². The lowest BCUT2D eigenvalue weighted by Gasteiger charge is -2.17. The fourth-order valence-corrected chi connectivity index (χ4v) is 2.28. The predicted molar refractivity (Wildman–Crippen MR) is 91.0 cm³/mol. The van der Waals surface area contributed by atoms with Crippen molar-refractivity contribution < 1.29 is 14.3 Å². The maximum atomic E-state index is 12.3. The Bertz CT molecular complexity index is 643. The van der Waals surface area contributed by atoms with E-state index in [0.717, 1.165) is 11.3 Å². The number of nitrogens with one attached hydrogen (secondary N) is 1. The molecule has 2 aromatic rings. The molecule has 0 heterocycles. The van der Waals surface area contributed by atoms with E-state index in [2.05, 4.69) is 5.32 Å². The van der Waals surface area contributed by atoms with Gasteiger partial charge in [-0.2, -0.15) is 0 Å². The molecule has 0 saturated carbocycles. The zero-order valence-electron chi connectivity index (χ0n) is 13.2. The van der Waals surface area contributed by atoms with E-state index in [-0.39, 0.29) is 5.91 Å². The lowest BCUT2D eigenvalue weighted by molar-refractivity contribution is -0.128. The highest BCUT2D eigenvalue weighted by atomic mass is 35.5. The molecule has 1 N–H and O–H groups in total. The largest absolute Gasteiger partial charge is 0.497 e. The molecule has 5 heteroatoms. The summed E-state index contributed by atoms with van der Waals surface area (Å²) in [5.74, 6) is 1.21. The first-order valence-corrected chi connectivity index (χ1v) is 7.83.